The second kappa shape index (κ2) is 13.9. The maximum atomic E-state index is 13.0. The van der Waals surface area contributed by atoms with Crippen LogP contribution in [0, 0.1) is 0 Å². The highest BCUT2D eigenvalue weighted by molar-refractivity contribution is 5.85. The number of aliphatic hydroxyl groups excluding tert-OH is 1. The van der Waals surface area contributed by atoms with Gasteiger partial charge >= 0.3 is 18.1 Å². The minimum Gasteiger partial charge on any atom is -0.481 e. The molecule has 0 spiro atoms. The minimum atomic E-state index is -5.08. The lowest BCUT2D eigenvalue weighted by Crippen LogP contribution is -2.43. The number of carbonyl (C=O) groups is 3. The lowest BCUT2D eigenvalue weighted by Gasteiger charge is -2.21. The van der Waals surface area contributed by atoms with E-state index in [1.807, 2.05) is 60.7 Å². The van der Waals surface area contributed by atoms with Gasteiger partial charge in [-0.15, -0.1) is 0 Å². The Morgan fingerprint density at radius 1 is 0.927 bits per heavy atom. The predicted molar refractivity (Wildman–Crippen MR) is 142 cm³/mol. The summed E-state index contributed by atoms with van der Waals surface area (Å²) in [6.07, 6.45) is 1.50. The molecule has 0 saturated carbocycles. The number of nitrogens with one attached hydrogen (secondary N) is 2. The SMILES string of the molecule is O=C(O)C(F)(F)F.O=C(O)C[C@H](C(=O)N[C@H](CO)Cc1cnc[nH]1)n1ccc(-c2ccc(-c3ccccc3)cc2)c1. The molecule has 0 unspecified atom stereocenters. The Labute approximate surface area is 232 Å². The molecule has 1 amide bonds. The summed E-state index contributed by atoms with van der Waals surface area (Å²) in [6.45, 7) is -0.282. The Balaban J connectivity index is 0.000000587. The summed E-state index contributed by atoms with van der Waals surface area (Å²) in [5.41, 5.74) is 4.81. The van der Waals surface area contributed by atoms with Gasteiger partial charge in [-0.2, -0.15) is 13.2 Å². The van der Waals surface area contributed by atoms with Crippen molar-refractivity contribution in [2.45, 2.75) is 31.1 Å². The number of imidazole rings is 1. The van der Waals surface area contributed by atoms with Gasteiger partial charge < -0.3 is 30.2 Å². The zero-order valence-electron chi connectivity index (χ0n) is 21.5. The van der Waals surface area contributed by atoms with Crippen molar-refractivity contribution in [3.63, 3.8) is 0 Å². The minimum absolute atomic E-state index is 0.282. The zero-order chi connectivity index (χ0) is 30.0. The zero-order valence-corrected chi connectivity index (χ0v) is 21.5. The summed E-state index contributed by atoms with van der Waals surface area (Å²) in [4.78, 5) is 40.2. The van der Waals surface area contributed by atoms with Crippen LogP contribution >= 0.6 is 0 Å². The number of carboxylic acids is 2. The fourth-order valence-electron chi connectivity index (χ4n) is 3.88. The molecule has 4 rings (SSSR count). The van der Waals surface area contributed by atoms with Crippen LogP contribution in [0.15, 0.2) is 85.6 Å². The number of aliphatic hydroxyl groups is 1. The number of hydrogen-bond acceptors (Lipinski definition) is 5. The summed E-state index contributed by atoms with van der Waals surface area (Å²) >= 11 is 0. The molecule has 216 valence electrons. The van der Waals surface area contributed by atoms with E-state index >= 15 is 0 Å². The van der Waals surface area contributed by atoms with Crippen LogP contribution in [0.1, 0.15) is 18.2 Å². The number of carbonyl (C=O) groups excluding carboxylic acids is 1. The summed E-state index contributed by atoms with van der Waals surface area (Å²) in [7, 11) is 0. The van der Waals surface area contributed by atoms with Gasteiger partial charge in [-0.1, -0.05) is 54.6 Å². The quantitative estimate of drug-likeness (QED) is 0.193. The summed E-state index contributed by atoms with van der Waals surface area (Å²) < 4.78 is 33.3. The van der Waals surface area contributed by atoms with Crippen molar-refractivity contribution in [2.75, 3.05) is 6.61 Å². The van der Waals surface area contributed by atoms with Gasteiger partial charge in [0.2, 0.25) is 5.91 Å². The first-order chi connectivity index (χ1) is 19.5. The van der Waals surface area contributed by atoms with E-state index in [0.717, 1.165) is 27.9 Å². The molecule has 0 saturated heterocycles. The Morgan fingerprint density at radius 3 is 2.02 bits per heavy atom. The fraction of sp³-hybridized carbons (Fsp3) is 0.214. The van der Waals surface area contributed by atoms with Crippen LogP contribution in [0.3, 0.4) is 0 Å². The molecule has 13 heteroatoms. The van der Waals surface area contributed by atoms with E-state index in [2.05, 4.69) is 15.3 Å². The van der Waals surface area contributed by atoms with Crippen LogP contribution in [-0.2, 0) is 20.8 Å². The number of H-pyrrole nitrogens is 1. The van der Waals surface area contributed by atoms with Crippen molar-refractivity contribution in [3.05, 3.63) is 91.3 Å². The number of benzene rings is 2. The van der Waals surface area contributed by atoms with Crippen LogP contribution in [0.4, 0.5) is 13.2 Å². The third-order valence-electron chi connectivity index (χ3n) is 5.90. The average molecular weight is 573 g/mol. The first-order valence-corrected chi connectivity index (χ1v) is 12.2. The molecule has 2 aromatic heterocycles. The van der Waals surface area contributed by atoms with Crippen LogP contribution in [0.2, 0.25) is 0 Å². The molecule has 2 heterocycles. The van der Waals surface area contributed by atoms with Crippen molar-refractivity contribution in [1.82, 2.24) is 19.9 Å². The van der Waals surface area contributed by atoms with Gasteiger partial charge in [0.05, 0.1) is 25.4 Å². The number of aliphatic carboxylic acids is 2. The molecule has 0 aliphatic heterocycles. The maximum Gasteiger partial charge on any atom is 0.490 e. The summed E-state index contributed by atoms with van der Waals surface area (Å²) in [5, 5.41) is 29.0. The average Bonchev–Trinajstić information content (AvgIpc) is 3.64. The van der Waals surface area contributed by atoms with Gasteiger partial charge in [-0.05, 0) is 28.3 Å². The smallest absolute Gasteiger partial charge is 0.481 e. The number of rotatable bonds is 10. The monoisotopic (exact) mass is 572 g/mol. The van der Waals surface area contributed by atoms with Crippen LogP contribution in [-0.4, -0.2) is 66.5 Å². The van der Waals surface area contributed by atoms with Gasteiger partial charge in [-0.25, -0.2) is 9.78 Å². The van der Waals surface area contributed by atoms with Crippen molar-refractivity contribution in [3.8, 4) is 22.3 Å². The second-order valence-corrected chi connectivity index (χ2v) is 8.88. The molecule has 2 atom stereocenters. The molecule has 5 N–H and O–H groups in total. The predicted octanol–water partition coefficient (Wildman–Crippen LogP) is 3.91. The van der Waals surface area contributed by atoms with Gasteiger partial charge in [-0.3, -0.25) is 9.59 Å². The highest BCUT2D eigenvalue weighted by atomic mass is 19.4. The molecule has 0 fully saturated rings. The van der Waals surface area contributed by atoms with E-state index < -0.39 is 36.1 Å². The Hall–Kier alpha value is -4.91. The number of aromatic nitrogens is 3. The second-order valence-electron chi connectivity index (χ2n) is 8.88. The molecule has 0 aliphatic rings. The van der Waals surface area contributed by atoms with Crippen molar-refractivity contribution < 1.29 is 42.9 Å². The molecule has 41 heavy (non-hydrogen) atoms. The third kappa shape index (κ3) is 9.07. The summed E-state index contributed by atoms with van der Waals surface area (Å²) in [5.74, 6) is -4.31. The fourth-order valence-corrected chi connectivity index (χ4v) is 3.88. The molecule has 4 aromatic rings. The molecular formula is C28H27F3N4O6. The first kappa shape index (κ1) is 30.6. The van der Waals surface area contributed by atoms with E-state index in [0.29, 0.717) is 6.42 Å². The maximum absolute atomic E-state index is 13.0. The van der Waals surface area contributed by atoms with E-state index in [4.69, 9.17) is 9.90 Å². The van der Waals surface area contributed by atoms with Gasteiger partial charge in [0.15, 0.2) is 0 Å². The Bertz CT molecular complexity index is 1420. The van der Waals surface area contributed by atoms with E-state index in [1.165, 1.54) is 6.33 Å². The lowest BCUT2D eigenvalue weighted by molar-refractivity contribution is -0.192. The number of amides is 1. The number of nitrogens with zero attached hydrogens (tertiary/aromatic N) is 2. The molecular weight excluding hydrogens is 545 g/mol. The Morgan fingerprint density at radius 2 is 1.51 bits per heavy atom. The molecule has 0 bridgehead atoms. The van der Waals surface area contributed by atoms with Gasteiger partial charge in [0.25, 0.3) is 0 Å². The molecule has 0 aliphatic carbocycles. The van der Waals surface area contributed by atoms with E-state index in [-0.39, 0.29) is 13.0 Å². The normalized spacial score (nSPS) is 12.5. The standard InChI is InChI=1S/C26H26N4O4.C2HF3O2/c31-16-23(12-22-14-27-17-28-22)29-26(34)24(13-25(32)33)30-11-10-21(15-30)20-8-6-19(7-9-20)18-4-2-1-3-5-18;3-2(4,5)1(6)7/h1-11,14-15,17,23-24,31H,12-13,16H2,(H,27,28)(H,29,34)(H,32,33);(H,6,7)/t23-,24+;/m0./s1. The topological polar surface area (TPSA) is 158 Å². The molecule has 0 radical (unpaired) electrons. The molecule has 10 nitrogen and oxygen atoms in total. The van der Waals surface area contributed by atoms with Crippen molar-refractivity contribution >= 4 is 17.8 Å². The lowest BCUT2D eigenvalue weighted by atomic mass is 10.0. The van der Waals surface area contributed by atoms with Crippen LogP contribution in [0.5, 0.6) is 0 Å². The molecule has 2 aromatic carbocycles. The van der Waals surface area contributed by atoms with Gasteiger partial charge in [0.1, 0.15) is 6.04 Å². The van der Waals surface area contributed by atoms with Gasteiger partial charge in [0, 0.05) is 30.7 Å². The van der Waals surface area contributed by atoms with Crippen molar-refractivity contribution in [1.29, 1.82) is 0 Å². The number of halogens is 3. The first-order valence-electron chi connectivity index (χ1n) is 12.2. The van der Waals surface area contributed by atoms with Crippen molar-refractivity contribution in [2.24, 2.45) is 0 Å². The highest BCUT2D eigenvalue weighted by Gasteiger charge is 2.38. The van der Waals surface area contributed by atoms with E-state index in [1.54, 1.807) is 23.2 Å². The third-order valence-corrected chi connectivity index (χ3v) is 5.90. The van der Waals surface area contributed by atoms with Crippen LogP contribution < -0.4 is 5.32 Å². The number of carboxylic acid groups (broad SMARTS) is 2. The van der Waals surface area contributed by atoms with E-state index in [9.17, 15) is 33.0 Å². The van der Waals surface area contributed by atoms with Crippen LogP contribution in [0.25, 0.3) is 22.3 Å². The number of hydrogen-bond donors (Lipinski definition) is 5. The summed E-state index contributed by atoms with van der Waals surface area (Å²) in [6, 6.07) is 18.5. The Kier molecular flexibility index (Phi) is 10.4. The number of alkyl halides is 3. The number of aromatic amines is 1. The highest BCUT2D eigenvalue weighted by Crippen LogP contribution is 2.26. The largest absolute Gasteiger partial charge is 0.490 e.